The zero-order valence-corrected chi connectivity index (χ0v) is 19.4. The molecule has 0 saturated heterocycles. The fraction of sp³-hybridized carbons (Fsp3) is 0.577. The van der Waals surface area contributed by atoms with Crippen LogP contribution in [0.1, 0.15) is 60.6 Å². The average molecular weight is 449 g/mol. The SMILES string of the molecule is COCC(=O)Nc1cc(C(=O)NCC2CC3C=CC2C32CC2)c2c(c1)nc(C1CCC1)n2C. The van der Waals surface area contributed by atoms with Gasteiger partial charge in [0, 0.05) is 32.3 Å². The first-order chi connectivity index (χ1) is 16.0. The number of hydrogen-bond acceptors (Lipinski definition) is 4. The lowest BCUT2D eigenvalue weighted by Gasteiger charge is -2.24. The number of amides is 2. The minimum absolute atomic E-state index is 0.0331. The smallest absolute Gasteiger partial charge is 0.253 e. The van der Waals surface area contributed by atoms with E-state index in [1.54, 1.807) is 6.07 Å². The number of nitrogens with one attached hydrogen (secondary N) is 2. The number of hydrogen-bond donors (Lipinski definition) is 2. The molecule has 3 atom stereocenters. The van der Waals surface area contributed by atoms with Gasteiger partial charge in [0.25, 0.3) is 5.91 Å². The van der Waals surface area contributed by atoms with Crippen LogP contribution in [0.25, 0.3) is 11.0 Å². The zero-order chi connectivity index (χ0) is 22.7. The van der Waals surface area contributed by atoms with Crippen molar-refractivity contribution in [2.24, 2.45) is 30.2 Å². The Balaban J connectivity index is 1.28. The second kappa shape index (κ2) is 7.69. The Bertz CT molecular complexity index is 1160. The summed E-state index contributed by atoms with van der Waals surface area (Å²) in [5.41, 5.74) is 3.26. The maximum atomic E-state index is 13.5. The van der Waals surface area contributed by atoms with E-state index in [1.807, 2.05) is 13.1 Å². The summed E-state index contributed by atoms with van der Waals surface area (Å²) in [4.78, 5) is 30.5. The summed E-state index contributed by atoms with van der Waals surface area (Å²) in [5, 5.41) is 6.08. The third-order valence-corrected chi connectivity index (χ3v) is 8.65. The highest BCUT2D eigenvalue weighted by Crippen LogP contribution is 2.69. The highest BCUT2D eigenvalue weighted by atomic mass is 16.5. The third-order valence-electron chi connectivity index (χ3n) is 8.65. The van der Waals surface area contributed by atoms with Crippen molar-refractivity contribution >= 4 is 28.5 Å². The lowest BCUT2D eigenvalue weighted by molar-refractivity contribution is -0.119. The van der Waals surface area contributed by atoms with E-state index in [-0.39, 0.29) is 18.4 Å². The molecule has 7 heteroatoms. The van der Waals surface area contributed by atoms with Crippen LogP contribution in [-0.2, 0) is 16.6 Å². The molecule has 3 fully saturated rings. The van der Waals surface area contributed by atoms with Crippen molar-refractivity contribution in [2.75, 3.05) is 25.6 Å². The molecule has 2 bridgehead atoms. The van der Waals surface area contributed by atoms with Crippen LogP contribution in [0.5, 0.6) is 0 Å². The summed E-state index contributed by atoms with van der Waals surface area (Å²) < 4.78 is 7.02. The zero-order valence-electron chi connectivity index (χ0n) is 19.4. The van der Waals surface area contributed by atoms with Crippen molar-refractivity contribution < 1.29 is 14.3 Å². The van der Waals surface area contributed by atoms with Gasteiger partial charge >= 0.3 is 0 Å². The van der Waals surface area contributed by atoms with E-state index < -0.39 is 0 Å². The minimum atomic E-state index is -0.248. The van der Waals surface area contributed by atoms with Gasteiger partial charge in [0.15, 0.2) is 0 Å². The molecule has 1 heterocycles. The molecule has 4 aliphatic carbocycles. The van der Waals surface area contributed by atoms with Crippen molar-refractivity contribution in [3.05, 3.63) is 35.7 Å². The number of benzene rings is 1. The molecule has 7 nitrogen and oxygen atoms in total. The van der Waals surface area contributed by atoms with E-state index in [0.717, 1.165) is 29.7 Å². The van der Waals surface area contributed by atoms with Gasteiger partial charge in [0.2, 0.25) is 5.91 Å². The number of anilines is 1. The first kappa shape index (κ1) is 20.9. The summed E-state index contributed by atoms with van der Waals surface area (Å²) >= 11 is 0. The molecule has 0 radical (unpaired) electrons. The van der Waals surface area contributed by atoms with Crippen molar-refractivity contribution in [3.63, 3.8) is 0 Å². The number of carbonyl (C=O) groups excluding carboxylic acids is 2. The molecule has 0 aliphatic heterocycles. The van der Waals surface area contributed by atoms with Crippen LogP contribution in [-0.4, -0.2) is 41.6 Å². The van der Waals surface area contributed by atoms with Gasteiger partial charge in [0.05, 0.1) is 16.6 Å². The normalized spacial score (nSPS) is 26.7. The van der Waals surface area contributed by atoms with Crippen molar-refractivity contribution in [1.29, 1.82) is 0 Å². The Morgan fingerprint density at radius 1 is 1.24 bits per heavy atom. The Morgan fingerprint density at radius 2 is 2.06 bits per heavy atom. The second-order valence-corrected chi connectivity index (χ2v) is 10.5. The van der Waals surface area contributed by atoms with E-state index in [1.165, 1.54) is 32.8 Å². The van der Waals surface area contributed by atoms with Gasteiger partial charge in [-0.1, -0.05) is 18.6 Å². The summed E-state index contributed by atoms with van der Waals surface area (Å²) in [5.74, 6) is 2.97. The first-order valence-electron chi connectivity index (χ1n) is 12.3. The van der Waals surface area contributed by atoms with E-state index in [4.69, 9.17) is 9.72 Å². The van der Waals surface area contributed by atoms with Gasteiger partial charge < -0.3 is 19.9 Å². The van der Waals surface area contributed by atoms with E-state index in [9.17, 15) is 9.59 Å². The van der Waals surface area contributed by atoms with Crippen molar-refractivity contribution in [2.45, 2.75) is 44.4 Å². The Hall–Kier alpha value is -2.67. The number of methoxy groups -OCH3 is 1. The topological polar surface area (TPSA) is 85.2 Å². The summed E-state index contributed by atoms with van der Waals surface area (Å²) in [7, 11) is 3.49. The molecule has 33 heavy (non-hydrogen) atoms. The number of aryl methyl sites for hydroxylation is 1. The molecule has 2 N–H and O–H groups in total. The molecule has 4 aliphatic rings. The number of fused-ring (bicyclic) bond motifs is 1. The van der Waals surface area contributed by atoms with Crippen LogP contribution >= 0.6 is 0 Å². The van der Waals surface area contributed by atoms with Gasteiger partial charge in [0.1, 0.15) is 12.4 Å². The molecule has 1 spiro atoms. The number of allylic oxidation sites excluding steroid dienone is 2. The monoisotopic (exact) mass is 448 g/mol. The number of ether oxygens (including phenoxy) is 1. The van der Waals surface area contributed by atoms with Gasteiger partial charge in [-0.2, -0.15) is 0 Å². The van der Waals surface area contributed by atoms with Crippen LogP contribution in [0.15, 0.2) is 24.3 Å². The summed E-state index contributed by atoms with van der Waals surface area (Å²) in [6.07, 6.45) is 12.1. The number of rotatable bonds is 7. The van der Waals surface area contributed by atoms with E-state index >= 15 is 0 Å². The molecule has 3 saturated carbocycles. The summed E-state index contributed by atoms with van der Waals surface area (Å²) in [6, 6.07) is 3.64. The summed E-state index contributed by atoms with van der Waals surface area (Å²) in [6.45, 7) is 0.662. The fourth-order valence-corrected chi connectivity index (χ4v) is 6.65. The second-order valence-electron chi connectivity index (χ2n) is 10.5. The van der Waals surface area contributed by atoms with Gasteiger partial charge in [-0.15, -0.1) is 0 Å². The average Bonchev–Trinajstić information content (AvgIpc) is 3.32. The molecule has 3 unspecified atom stereocenters. The van der Waals surface area contributed by atoms with Crippen LogP contribution in [0.3, 0.4) is 0 Å². The Kier molecular flexibility index (Phi) is 4.87. The molecular weight excluding hydrogens is 416 g/mol. The van der Waals surface area contributed by atoms with Gasteiger partial charge in [-0.05, 0) is 67.4 Å². The Labute approximate surface area is 194 Å². The molecule has 2 aromatic rings. The van der Waals surface area contributed by atoms with Gasteiger partial charge in [-0.25, -0.2) is 4.98 Å². The fourth-order valence-electron chi connectivity index (χ4n) is 6.65. The maximum absolute atomic E-state index is 13.5. The van der Waals surface area contributed by atoms with Crippen LogP contribution in [0.4, 0.5) is 5.69 Å². The van der Waals surface area contributed by atoms with Crippen LogP contribution in [0, 0.1) is 23.2 Å². The number of nitrogens with zero attached hydrogens (tertiary/aromatic N) is 2. The molecule has 2 amide bonds. The molecule has 6 rings (SSSR count). The first-order valence-corrected chi connectivity index (χ1v) is 12.3. The highest BCUT2D eigenvalue weighted by molar-refractivity contribution is 6.07. The Morgan fingerprint density at radius 3 is 2.73 bits per heavy atom. The van der Waals surface area contributed by atoms with Crippen LogP contribution in [0.2, 0.25) is 0 Å². The quantitative estimate of drug-likeness (QED) is 0.632. The van der Waals surface area contributed by atoms with E-state index in [2.05, 4.69) is 27.4 Å². The highest BCUT2D eigenvalue weighted by Gasteiger charge is 2.62. The molecule has 1 aromatic heterocycles. The molecular formula is C26H32N4O3. The largest absolute Gasteiger partial charge is 0.375 e. The van der Waals surface area contributed by atoms with Gasteiger partial charge in [-0.3, -0.25) is 9.59 Å². The van der Waals surface area contributed by atoms with Crippen molar-refractivity contribution in [3.8, 4) is 0 Å². The number of carbonyl (C=O) groups is 2. The predicted molar refractivity (Wildman–Crippen MR) is 126 cm³/mol. The van der Waals surface area contributed by atoms with Crippen molar-refractivity contribution in [1.82, 2.24) is 14.9 Å². The standard InChI is InChI=1S/C26H32N4O3/c1-30-23-19(25(32)27-13-16-10-17-6-7-20(16)26(17)8-9-26)11-18(28-22(31)14-33-2)12-21(23)29-24(30)15-4-3-5-15/h6-7,11-12,15-17,20H,3-5,8-10,13-14H2,1-2H3,(H,27,32)(H,28,31). The molecule has 1 aromatic carbocycles. The predicted octanol–water partition coefficient (Wildman–Crippen LogP) is 3.76. The van der Waals surface area contributed by atoms with Crippen LogP contribution < -0.4 is 10.6 Å². The number of imidazole rings is 1. The minimum Gasteiger partial charge on any atom is -0.375 e. The maximum Gasteiger partial charge on any atom is 0.253 e. The lowest BCUT2D eigenvalue weighted by Crippen LogP contribution is -2.32. The third kappa shape index (κ3) is 3.31. The lowest BCUT2D eigenvalue weighted by atomic mass is 9.85. The van der Waals surface area contributed by atoms with E-state index in [0.29, 0.717) is 46.9 Å². The number of aromatic nitrogens is 2. The molecule has 174 valence electrons.